The molecule has 2 amide bonds. The molecule has 2 aromatic heterocycles. The Morgan fingerprint density at radius 2 is 2.07 bits per heavy atom. The number of likely N-dealkylation sites (tertiary alicyclic amines) is 2. The predicted octanol–water partition coefficient (Wildman–Crippen LogP) is 0.955. The van der Waals surface area contributed by atoms with Crippen molar-refractivity contribution in [1.29, 1.82) is 0 Å². The van der Waals surface area contributed by atoms with Crippen molar-refractivity contribution in [2.24, 2.45) is 11.3 Å². The molecule has 0 radical (unpaired) electrons. The standard InChI is InChI=1S/C20H25N5O3/c26-15-10-20(19(28)24(13-15)12-14-3-4-14)5-8-23(9-6-20)18(27)16-11-21-17-2-1-7-22-25(16)17/h1-2,7,11,14-15,26H,3-6,8-10,12-13H2. The van der Waals surface area contributed by atoms with Crippen LogP contribution in [-0.4, -0.2) is 73.6 Å². The molecule has 8 heteroatoms. The van der Waals surface area contributed by atoms with E-state index >= 15 is 0 Å². The molecule has 28 heavy (non-hydrogen) atoms. The normalized spacial score (nSPS) is 24.9. The molecular formula is C20H25N5O3. The molecule has 1 atom stereocenters. The first-order chi connectivity index (χ1) is 13.6. The van der Waals surface area contributed by atoms with Gasteiger partial charge in [-0.25, -0.2) is 9.50 Å². The summed E-state index contributed by atoms with van der Waals surface area (Å²) < 4.78 is 1.56. The molecule has 2 aromatic rings. The number of β-amino-alcohol motifs (C(OH)–C–C–N with tert-alkyl or cyclic N) is 1. The van der Waals surface area contributed by atoms with Gasteiger partial charge in [0.05, 0.1) is 17.7 Å². The number of carbonyl (C=O) groups excluding carboxylic acids is 2. The second-order valence-electron chi connectivity index (χ2n) is 8.52. The Morgan fingerprint density at radius 3 is 2.82 bits per heavy atom. The van der Waals surface area contributed by atoms with Crippen LogP contribution in [0.2, 0.25) is 0 Å². The van der Waals surface area contributed by atoms with Crippen LogP contribution in [0.1, 0.15) is 42.6 Å². The van der Waals surface area contributed by atoms with Crippen LogP contribution in [-0.2, 0) is 4.79 Å². The van der Waals surface area contributed by atoms with Crippen LogP contribution in [0.5, 0.6) is 0 Å². The summed E-state index contributed by atoms with van der Waals surface area (Å²) in [5, 5.41) is 14.6. The molecule has 2 aliphatic heterocycles. The molecule has 3 aliphatic rings. The maximum atomic E-state index is 13.2. The van der Waals surface area contributed by atoms with Gasteiger partial charge in [0, 0.05) is 32.4 Å². The summed E-state index contributed by atoms with van der Waals surface area (Å²) in [7, 11) is 0. The van der Waals surface area contributed by atoms with E-state index in [1.54, 1.807) is 27.9 Å². The summed E-state index contributed by atoms with van der Waals surface area (Å²) in [4.78, 5) is 34.1. The highest BCUT2D eigenvalue weighted by Gasteiger charge is 2.49. The maximum absolute atomic E-state index is 13.2. The number of piperidine rings is 2. The second kappa shape index (κ2) is 6.55. The molecule has 2 saturated heterocycles. The van der Waals surface area contributed by atoms with Gasteiger partial charge in [-0.2, -0.15) is 5.10 Å². The number of carbonyl (C=O) groups is 2. The van der Waals surface area contributed by atoms with Gasteiger partial charge in [-0.1, -0.05) is 0 Å². The van der Waals surface area contributed by atoms with Crippen LogP contribution in [0.25, 0.3) is 5.65 Å². The SMILES string of the molecule is O=C(c1cnc2cccnn12)N1CCC2(CC1)CC(O)CN(CC1CC1)C2=O. The highest BCUT2D eigenvalue weighted by molar-refractivity contribution is 5.93. The molecule has 1 saturated carbocycles. The summed E-state index contributed by atoms with van der Waals surface area (Å²) >= 11 is 0. The maximum Gasteiger partial charge on any atom is 0.274 e. The van der Waals surface area contributed by atoms with E-state index in [9.17, 15) is 14.7 Å². The minimum Gasteiger partial charge on any atom is -0.391 e. The smallest absolute Gasteiger partial charge is 0.274 e. The average molecular weight is 383 g/mol. The molecule has 1 unspecified atom stereocenters. The number of imidazole rings is 1. The lowest BCUT2D eigenvalue weighted by Gasteiger charge is -2.48. The summed E-state index contributed by atoms with van der Waals surface area (Å²) in [6, 6.07) is 3.60. The van der Waals surface area contributed by atoms with E-state index in [-0.39, 0.29) is 11.8 Å². The molecule has 5 rings (SSSR count). The van der Waals surface area contributed by atoms with Gasteiger partial charge in [0.15, 0.2) is 11.3 Å². The molecule has 1 aliphatic carbocycles. The van der Waals surface area contributed by atoms with Crippen molar-refractivity contribution in [2.45, 2.75) is 38.2 Å². The molecule has 0 bridgehead atoms. The number of fused-ring (bicyclic) bond motifs is 1. The van der Waals surface area contributed by atoms with Crippen molar-refractivity contribution in [3.8, 4) is 0 Å². The van der Waals surface area contributed by atoms with E-state index < -0.39 is 11.5 Å². The topological polar surface area (TPSA) is 91.0 Å². The molecule has 1 spiro atoms. The van der Waals surface area contributed by atoms with Crippen molar-refractivity contribution >= 4 is 17.5 Å². The van der Waals surface area contributed by atoms with E-state index in [0.717, 1.165) is 6.54 Å². The van der Waals surface area contributed by atoms with Crippen molar-refractivity contribution in [2.75, 3.05) is 26.2 Å². The first-order valence-electron chi connectivity index (χ1n) is 10.1. The molecule has 8 nitrogen and oxygen atoms in total. The summed E-state index contributed by atoms with van der Waals surface area (Å²) in [6.45, 7) is 2.24. The lowest BCUT2D eigenvalue weighted by atomic mass is 9.70. The minimum atomic E-state index is -0.527. The van der Waals surface area contributed by atoms with Crippen LogP contribution in [0.3, 0.4) is 0 Å². The molecule has 0 aromatic carbocycles. The number of hydrogen-bond donors (Lipinski definition) is 1. The van der Waals surface area contributed by atoms with Crippen LogP contribution in [0.4, 0.5) is 0 Å². The summed E-state index contributed by atoms with van der Waals surface area (Å²) in [5.74, 6) is 0.670. The van der Waals surface area contributed by atoms with Crippen LogP contribution in [0.15, 0.2) is 24.5 Å². The minimum absolute atomic E-state index is 0.111. The third kappa shape index (κ3) is 2.96. The Balaban J connectivity index is 1.31. The van der Waals surface area contributed by atoms with E-state index in [1.807, 2.05) is 11.0 Å². The van der Waals surface area contributed by atoms with Gasteiger partial charge < -0.3 is 14.9 Å². The number of aromatic nitrogens is 3. The van der Waals surface area contributed by atoms with Crippen LogP contribution in [0, 0.1) is 11.3 Å². The van der Waals surface area contributed by atoms with E-state index in [4.69, 9.17) is 0 Å². The van der Waals surface area contributed by atoms with Crippen molar-refractivity contribution < 1.29 is 14.7 Å². The number of nitrogens with zero attached hydrogens (tertiary/aromatic N) is 5. The first kappa shape index (κ1) is 17.6. The van der Waals surface area contributed by atoms with Crippen molar-refractivity contribution in [3.05, 3.63) is 30.2 Å². The number of aliphatic hydroxyl groups excluding tert-OH is 1. The predicted molar refractivity (Wildman–Crippen MR) is 100 cm³/mol. The van der Waals surface area contributed by atoms with E-state index in [1.165, 1.54) is 12.8 Å². The summed E-state index contributed by atoms with van der Waals surface area (Å²) in [6.07, 6.45) is 6.79. The number of aliphatic hydroxyl groups is 1. The Bertz CT molecular complexity index is 911. The molecule has 1 N–H and O–H groups in total. The number of rotatable bonds is 3. The van der Waals surface area contributed by atoms with Crippen LogP contribution < -0.4 is 0 Å². The van der Waals surface area contributed by atoms with Gasteiger partial charge in [0.1, 0.15) is 0 Å². The summed E-state index contributed by atoms with van der Waals surface area (Å²) in [5.41, 5.74) is 0.554. The molecule has 148 valence electrons. The second-order valence-corrected chi connectivity index (χ2v) is 8.52. The van der Waals surface area contributed by atoms with E-state index in [2.05, 4.69) is 10.1 Å². The lowest BCUT2D eigenvalue weighted by Crippen LogP contribution is -2.58. The fourth-order valence-electron chi connectivity index (χ4n) is 4.74. The van der Waals surface area contributed by atoms with Crippen molar-refractivity contribution in [3.63, 3.8) is 0 Å². The van der Waals surface area contributed by atoms with Gasteiger partial charge in [-0.15, -0.1) is 0 Å². The van der Waals surface area contributed by atoms with Gasteiger partial charge in [-0.05, 0) is 50.2 Å². The monoisotopic (exact) mass is 383 g/mol. The Hall–Kier alpha value is -2.48. The molecule has 3 fully saturated rings. The third-order valence-corrected chi connectivity index (χ3v) is 6.48. The Kier molecular flexibility index (Phi) is 4.12. The third-order valence-electron chi connectivity index (χ3n) is 6.48. The fraction of sp³-hybridized carbons (Fsp3) is 0.600. The number of hydrogen-bond acceptors (Lipinski definition) is 5. The van der Waals surface area contributed by atoms with Gasteiger partial charge in [-0.3, -0.25) is 9.59 Å². The lowest BCUT2D eigenvalue weighted by molar-refractivity contribution is -0.156. The van der Waals surface area contributed by atoms with Crippen LogP contribution >= 0.6 is 0 Å². The molecular weight excluding hydrogens is 358 g/mol. The molecule has 4 heterocycles. The average Bonchev–Trinajstić information content (AvgIpc) is 3.41. The van der Waals surface area contributed by atoms with Gasteiger partial charge in [0.25, 0.3) is 5.91 Å². The van der Waals surface area contributed by atoms with Crippen molar-refractivity contribution in [1.82, 2.24) is 24.4 Å². The number of amides is 2. The largest absolute Gasteiger partial charge is 0.391 e. The quantitative estimate of drug-likeness (QED) is 0.852. The highest BCUT2D eigenvalue weighted by atomic mass is 16.3. The zero-order valence-electron chi connectivity index (χ0n) is 15.8. The Morgan fingerprint density at radius 1 is 1.29 bits per heavy atom. The van der Waals surface area contributed by atoms with Gasteiger partial charge >= 0.3 is 0 Å². The first-order valence-corrected chi connectivity index (χ1v) is 10.1. The zero-order valence-corrected chi connectivity index (χ0v) is 15.8. The van der Waals surface area contributed by atoms with Gasteiger partial charge in [0.2, 0.25) is 5.91 Å². The highest BCUT2D eigenvalue weighted by Crippen LogP contribution is 2.42. The fourth-order valence-corrected chi connectivity index (χ4v) is 4.74. The van der Waals surface area contributed by atoms with E-state index in [0.29, 0.717) is 56.2 Å². The Labute approximate surface area is 163 Å². The zero-order chi connectivity index (χ0) is 19.3.